The highest BCUT2D eigenvalue weighted by molar-refractivity contribution is 6.30. The smallest absolute Gasteiger partial charge is 0.332 e. The number of hydrogen-bond donors (Lipinski definition) is 2. The van der Waals surface area contributed by atoms with Crippen LogP contribution in [0.4, 0.5) is 0 Å². The van der Waals surface area contributed by atoms with E-state index in [2.05, 4.69) is 28.8 Å². The fraction of sp³-hybridized carbons (Fsp3) is 0.324. The van der Waals surface area contributed by atoms with Gasteiger partial charge in [0.2, 0.25) is 11.8 Å². The van der Waals surface area contributed by atoms with Crippen molar-refractivity contribution in [2.45, 2.75) is 50.2 Å². The molecule has 43 heavy (non-hydrogen) atoms. The minimum atomic E-state index is -0.695. The topological polar surface area (TPSA) is 88.4 Å². The highest BCUT2D eigenvalue weighted by Crippen LogP contribution is 2.32. The van der Waals surface area contributed by atoms with Crippen LogP contribution in [-0.2, 0) is 36.0 Å². The van der Waals surface area contributed by atoms with Gasteiger partial charge in [-0.1, -0.05) is 66.2 Å². The Labute approximate surface area is 256 Å². The number of aryl methyl sites for hydroxylation is 1. The van der Waals surface area contributed by atoms with E-state index in [0.29, 0.717) is 37.5 Å². The molecule has 2 unspecified atom stereocenters. The summed E-state index contributed by atoms with van der Waals surface area (Å²) in [4.78, 5) is 42.0. The number of halogens is 1. The molecular formula is C34H36ClN5O3. The van der Waals surface area contributed by atoms with Crippen molar-refractivity contribution in [3.05, 3.63) is 123 Å². The number of para-hydroxylation sites is 1. The fourth-order valence-corrected chi connectivity index (χ4v) is 6.43. The van der Waals surface area contributed by atoms with Gasteiger partial charge < -0.3 is 20.1 Å². The molecule has 2 atom stereocenters. The van der Waals surface area contributed by atoms with Crippen molar-refractivity contribution in [1.82, 2.24) is 24.7 Å². The molecular weight excluding hydrogens is 562 g/mol. The number of carbonyl (C=O) groups is 2. The third kappa shape index (κ3) is 6.31. The highest BCUT2D eigenvalue weighted by atomic mass is 35.5. The molecule has 3 heterocycles. The maximum Gasteiger partial charge on any atom is 0.332 e. The summed E-state index contributed by atoms with van der Waals surface area (Å²) in [5.41, 5.74) is 5.19. The summed E-state index contributed by atoms with van der Waals surface area (Å²) in [7, 11) is 1.74. The minimum absolute atomic E-state index is 0.0782. The van der Waals surface area contributed by atoms with Crippen molar-refractivity contribution in [3.8, 4) is 5.69 Å². The van der Waals surface area contributed by atoms with E-state index in [-0.39, 0.29) is 23.4 Å². The van der Waals surface area contributed by atoms with Crippen LogP contribution in [0.1, 0.15) is 41.0 Å². The van der Waals surface area contributed by atoms with E-state index in [0.717, 1.165) is 35.2 Å². The van der Waals surface area contributed by atoms with E-state index >= 15 is 0 Å². The first kappa shape index (κ1) is 29.0. The van der Waals surface area contributed by atoms with Gasteiger partial charge in [-0.25, -0.2) is 4.79 Å². The fourth-order valence-electron chi connectivity index (χ4n) is 6.30. The lowest BCUT2D eigenvalue weighted by molar-refractivity contribution is -0.137. The van der Waals surface area contributed by atoms with Gasteiger partial charge in [0, 0.05) is 50.5 Å². The second kappa shape index (κ2) is 12.6. The second-order valence-corrected chi connectivity index (χ2v) is 12.0. The molecule has 4 aromatic rings. The zero-order valence-corrected chi connectivity index (χ0v) is 25.0. The van der Waals surface area contributed by atoms with Gasteiger partial charge in [-0.2, -0.15) is 0 Å². The third-order valence-corrected chi connectivity index (χ3v) is 9.01. The number of fused-ring (bicyclic) bond motifs is 1. The lowest BCUT2D eigenvalue weighted by Crippen LogP contribution is -2.56. The largest absolute Gasteiger partial charge is 0.343 e. The molecule has 0 saturated carbocycles. The monoisotopic (exact) mass is 597 g/mol. The number of carbonyl (C=O) groups excluding carboxylic acids is 2. The summed E-state index contributed by atoms with van der Waals surface area (Å²) in [6.07, 6.45) is 6.06. The Morgan fingerprint density at radius 2 is 1.65 bits per heavy atom. The van der Waals surface area contributed by atoms with Crippen LogP contribution >= 0.6 is 11.6 Å². The van der Waals surface area contributed by atoms with Crippen LogP contribution < -0.4 is 16.3 Å². The van der Waals surface area contributed by atoms with Crippen molar-refractivity contribution < 1.29 is 9.59 Å². The van der Waals surface area contributed by atoms with Gasteiger partial charge in [0.05, 0.1) is 11.7 Å². The Balaban J connectivity index is 1.16. The molecule has 0 bridgehead atoms. The maximum atomic E-state index is 14.0. The lowest BCUT2D eigenvalue weighted by Gasteiger charge is -2.36. The molecule has 2 amide bonds. The summed E-state index contributed by atoms with van der Waals surface area (Å²) in [5.74, 6) is -0.0346. The second-order valence-electron chi connectivity index (χ2n) is 11.5. The predicted octanol–water partition coefficient (Wildman–Crippen LogP) is 3.98. The van der Waals surface area contributed by atoms with E-state index in [9.17, 15) is 14.4 Å². The zero-order chi connectivity index (χ0) is 29.9. The summed E-state index contributed by atoms with van der Waals surface area (Å²) in [6, 6.07) is 22.4. The van der Waals surface area contributed by atoms with Crippen molar-refractivity contribution in [2.24, 2.45) is 7.05 Å². The summed E-state index contributed by atoms with van der Waals surface area (Å²) in [5, 5.41) is 7.06. The Hall–Kier alpha value is -4.14. The molecule has 2 aliphatic heterocycles. The first-order valence-corrected chi connectivity index (χ1v) is 15.2. The van der Waals surface area contributed by atoms with Gasteiger partial charge in [-0.15, -0.1) is 0 Å². The molecule has 0 aliphatic carbocycles. The Morgan fingerprint density at radius 3 is 2.37 bits per heavy atom. The average molecular weight is 598 g/mol. The van der Waals surface area contributed by atoms with E-state index in [1.807, 2.05) is 47.4 Å². The van der Waals surface area contributed by atoms with Crippen LogP contribution in [0.2, 0.25) is 5.02 Å². The number of piperidine rings is 1. The number of rotatable bonds is 7. The van der Waals surface area contributed by atoms with Gasteiger partial charge in [-0.3, -0.25) is 14.2 Å². The molecule has 1 fully saturated rings. The van der Waals surface area contributed by atoms with Crippen LogP contribution in [-0.4, -0.2) is 51.0 Å². The number of aromatic nitrogens is 2. The van der Waals surface area contributed by atoms with E-state index < -0.39 is 12.1 Å². The highest BCUT2D eigenvalue weighted by Gasteiger charge is 2.33. The number of imidazole rings is 1. The number of amides is 2. The van der Waals surface area contributed by atoms with Crippen molar-refractivity contribution in [1.29, 1.82) is 0 Å². The third-order valence-electron chi connectivity index (χ3n) is 8.76. The number of nitrogens with zero attached hydrogens (tertiary/aromatic N) is 3. The molecule has 6 rings (SSSR count). The quantitative estimate of drug-likeness (QED) is 0.337. The van der Waals surface area contributed by atoms with Gasteiger partial charge in [0.25, 0.3) is 0 Å². The van der Waals surface area contributed by atoms with E-state index in [4.69, 9.17) is 11.6 Å². The predicted molar refractivity (Wildman–Crippen MR) is 167 cm³/mol. The Morgan fingerprint density at radius 1 is 0.953 bits per heavy atom. The molecule has 9 heteroatoms. The standard InChI is InChI=1S/C34H36ClN5O3/c1-38-18-19-40(34(38)43)31-9-5-4-8-28(31)24-14-16-39(17-15-24)33(42)30(20-23-10-12-27(35)13-11-23)37-32(41)29-21-25-6-2-3-7-26(25)22-36-29/h2-13,18-19,24,29-30,36H,14-17,20-22H2,1H3,(H,37,41). The lowest BCUT2D eigenvalue weighted by atomic mass is 9.88. The normalized spacial score (nSPS) is 17.7. The van der Waals surface area contributed by atoms with Gasteiger partial charge in [0.1, 0.15) is 6.04 Å². The SMILES string of the molecule is Cn1ccn(-c2ccccc2C2CCN(C(=O)C(Cc3ccc(Cl)cc3)NC(=O)C3Cc4ccccc4CN3)CC2)c1=O. The maximum absolute atomic E-state index is 14.0. The van der Waals surface area contributed by atoms with E-state index in [1.54, 1.807) is 40.7 Å². The number of benzene rings is 3. The van der Waals surface area contributed by atoms with Crippen LogP contribution in [0.25, 0.3) is 5.69 Å². The number of likely N-dealkylation sites (tertiary alicyclic amines) is 1. The minimum Gasteiger partial charge on any atom is -0.343 e. The molecule has 2 aliphatic rings. The molecule has 0 radical (unpaired) electrons. The van der Waals surface area contributed by atoms with Crippen molar-refractivity contribution in [3.63, 3.8) is 0 Å². The molecule has 222 valence electrons. The van der Waals surface area contributed by atoms with Crippen LogP contribution in [0.5, 0.6) is 0 Å². The average Bonchev–Trinajstić information content (AvgIpc) is 3.38. The van der Waals surface area contributed by atoms with Gasteiger partial charge >= 0.3 is 5.69 Å². The van der Waals surface area contributed by atoms with Gasteiger partial charge in [-0.05, 0) is 65.6 Å². The first-order valence-electron chi connectivity index (χ1n) is 14.8. The first-order chi connectivity index (χ1) is 20.9. The van der Waals surface area contributed by atoms with Crippen LogP contribution in [0.15, 0.2) is 90.0 Å². The zero-order valence-electron chi connectivity index (χ0n) is 24.2. The number of nitrogens with one attached hydrogen (secondary N) is 2. The summed E-state index contributed by atoms with van der Waals surface area (Å²) < 4.78 is 3.25. The van der Waals surface area contributed by atoms with E-state index in [1.165, 1.54) is 5.56 Å². The number of hydrogen-bond acceptors (Lipinski definition) is 4. The molecule has 1 aromatic heterocycles. The summed E-state index contributed by atoms with van der Waals surface area (Å²) in [6.45, 7) is 1.77. The molecule has 8 nitrogen and oxygen atoms in total. The van der Waals surface area contributed by atoms with Crippen molar-refractivity contribution in [2.75, 3.05) is 13.1 Å². The summed E-state index contributed by atoms with van der Waals surface area (Å²) >= 11 is 6.11. The van der Waals surface area contributed by atoms with Crippen LogP contribution in [0, 0.1) is 0 Å². The Kier molecular flexibility index (Phi) is 8.49. The molecule has 1 saturated heterocycles. The molecule has 2 N–H and O–H groups in total. The Bertz CT molecular complexity index is 1670. The van der Waals surface area contributed by atoms with Gasteiger partial charge in [0.15, 0.2) is 0 Å². The van der Waals surface area contributed by atoms with Crippen LogP contribution in [0.3, 0.4) is 0 Å². The van der Waals surface area contributed by atoms with Crippen molar-refractivity contribution >= 4 is 23.4 Å². The molecule has 3 aromatic carbocycles. The molecule has 0 spiro atoms.